The van der Waals surface area contributed by atoms with Crippen molar-refractivity contribution in [1.82, 2.24) is 10.2 Å². The number of carbonyl (C=O) groups excluding carboxylic acids is 2. The molecular weight excluding hydrogens is 620 g/mol. The van der Waals surface area contributed by atoms with Crippen LogP contribution in [0.3, 0.4) is 0 Å². The first-order chi connectivity index (χ1) is 23.1. The standard InChI is InChI=1S/C39H36F4N2O3/c1-3-45(4-2)17-18-48-33-13-11-28(12-14-33)27-7-9-29(10-8-27)39(47)44-32-23-30(19-25-5-15-34(40)36(42)21-25)38(46)31(24-32)20-26-6-16-35(41)37(43)22-26/h5-16,19-22,32H,3-4,17-18,23-24H2,1-2H3,(H,44,47)/b30-19+,31-20+. The summed E-state index contributed by atoms with van der Waals surface area (Å²) < 4.78 is 60.8. The Kier molecular flexibility index (Phi) is 11.2. The van der Waals surface area contributed by atoms with Gasteiger partial charge in [-0.3, -0.25) is 9.59 Å². The molecule has 0 unspecified atom stereocenters. The van der Waals surface area contributed by atoms with Gasteiger partial charge in [-0.25, -0.2) is 17.6 Å². The molecular formula is C39H36F4N2O3. The van der Waals surface area contributed by atoms with Crippen molar-refractivity contribution in [3.05, 3.63) is 136 Å². The Labute approximate surface area is 277 Å². The number of halogens is 4. The molecule has 1 fully saturated rings. The molecule has 4 aromatic rings. The Bertz CT molecular complexity index is 1760. The topological polar surface area (TPSA) is 58.6 Å². The van der Waals surface area contributed by atoms with Gasteiger partial charge in [0.15, 0.2) is 29.1 Å². The highest BCUT2D eigenvalue weighted by atomic mass is 19.2. The average molecular weight is 657 g/mol. The van der Waals surface area contributed by atoms with E-state index in [1.165, 1.54) is 24.3 Å². The third kappa shape index (κ3) is 8.66. The fourth-order valence-electron chi connectivity index (χ4n) is 5.61. The molecule has 0 atom stereocenters. The van der Waals surface area contributed by atoms with Crippen LogP contribution < -0.4 is 10.1 Å². The lowest BCUT2D eigenvalue weighted by molar-refractivity contribution is -0.113. The second kappa shape index (κ2) is 15.7. The molecule has 4 aromatic carbocycles. The second-order valence-corrected chi connectivity index (χ2v) is 11.6. The predicted octanol–water partition coefficient (Wildman–Crippen LogP) is 8.26. The molecule has 48 heavy (non-hydrogen) atoms. The Hall–Kier alpha value is -5.02. The number of rotatable bonds is 11. The average Bonchev–Trinajstić information content (AvgIpc) is 3.09. The minimum Gasteiger partial charge on any atom is -0.492 e. The van der Waals surface area contributed by atoms with Gasteiger partial charge in [0.05, 0.1) is 0 Å². The van der Waals surface area contributed by atoms with E-state index in [0.717, 1.165) is 60.8 Å². The van der Waals surface area contributed by atoms with Crippen LogP contribution in [0.25, 0.3) is 23.3 Å². The molecule has 1 N–H and O–H groups in total. The van der Waals surface area contributed by atoms with Crippen LogP contribution in [0.15, 0.2) is 96.1 Å². The van der Waals surface area contributed by atoms with Crippen molar-refractivity contribution in [3.63, 3.8) is 0 Å². The van der Waals surface area contributed by atoms with Crippen molar-refractivity contribution in [2.45, 2.75) is 32.7 Å². The Morgan fingerprint density at radius 2 is 1.25 bits per heavy atom. The Morgan fingerprint density at radius 1 is 0.750 bits per heavy atom. The monoisotopic (exact) mass is 656 g/mol. The minimum absolute atomic E-state index is 0.125. The maximum atomic E-state index is 13.9. The summed E-state index contributed by atoms with van der Waals surface area (Å²) in [4.78, 5) is 29.1. The number of carbonyl (C=O) groups is 2. The van der Waals surface area contributed by atoms with E-state index in [4.69, 9.17) is 4.74 Å². The van der Waals surface area contributed by atoms with Crippen molar-refractivity contribution in [1.29, 1.82) is 0 Å². The molecule has 1 saturated carbocycles. The molecule has 0 radical (unpaired) electrons. The number of nitrogens with zero attached hydrogens (tertiary/aromatic N) is 1. The van der Waals surface area contributed by atoms with Crippen LogP contribution in [-0.4, -0.2) is 48.9 Å². The normalized spacial score (nSPS) is 16.5. The lowest BCUT2D eigenvalue weighted by Gasteiger charge is -2.27. The minimum atomic E-state index is -1.06. The number of likely N-dealkylation sites (N-methyl/N-ethyl adjacent to an activating group) is 1. The number of ketones is 1. The fraction of sp³-hybridized carbons (Fsp3) is 0.231. The molecule has 0 spiro atoms. The van der Waals surface area contributed by atoms with Crippen molar-refractivity contribution in [2.75, 3.05) is 26.2 Å². The number of ether oxygens (including phenoxy) is 1. The summed E-state index contributed by atoms with van der Waals surface area (Å²) in [6.45, 7) is 7.65. The first-order valence-electron chi connectivity index (χ1n) is 15.9. The van der Waals surface area contributed by atoms with Crippen molar-refractivity contribution in [2.24, 2.45) is 0 Å². The molecule has 0 aliphatic heterocycles. The smallest absolute Gasteiger partial charge is 0.251 e. The fourth-order valence-corrected chi connectivity index (χ4v) is 5.61. The SMILES string of the molecule is CCN(CC)CCOc1ccc(-c2ccc(C(=O)NC3C/C(=C\c4ccc(F)c(F)c4)C(=O)/C(=C/c4ccc(F)c(F)c4)C3)cc2)cc1. The van der Waals surface area contributed by atoms with Gasteiger partial charge in [-0.15, -0.1) is 0 Å². The van der Waals surface area contributed by atoms with Crippen LogP contribution in [0.5, 0.6) is 5.75 Å². The van der Waals surface area contributed by atoms with E-state index < -0.39 is 29.3 Å². The van der Waals surface area contributed by atoms with Gasteiger partial charge in [-0.1, -0.05) is 50.2 Å². The zero-order valence-corrected chi connectivity index (χ0v) is 26.7. The zero-order valence-electron chi connectivity index (χ0n) is 26.7. The number of benzene rings is 4. The number of nitrogens with one attached hydrogen (secondary N) is 1. The zero-order chi connectivity index (χ0) is 34.2. The van der Waals surface area contributed by atoms with Gasteiger partial charge in [0.1, 0.15) is 12.4 Å². The van der Waals surface area contributed by atoms with E-state index in [1.807, 2.05) is 36.4 Å². The predicted molar refractivity (Wildman–Crippen MR) is 179 cm³/mol. The third-order valence-corrected chi connectivity index (χ3v) is 8.33. The van der Waals surface area contributed by atoms with Gasteiger partial charge in [0.25, 0.3) is 5.91 Å². The molecule has 5 rings (SSSR count). The molecule has 248 valence electrons. The number of hydrogen-bond donors (Lipinski definition) is 1. The van der Waals surface area contributed by atoms with Gasteiger partial charge in [-0.2, -0.15) is 0 Å². The highest BCUT2D eigenvalue weighted by Crippen LogP contribution is 2.30. The van der Waals surface area contributed by atoms with Crippen LogP contribution >= 0.6 is 0 Å². The van der Waals surface area contributed by atoms with Gasteiger partial charge in [-0.05, 0) is 109 Å². The van der Waals surface area contributed by atoms with E-state index in [1.54, 1.807) is 12.1 Å². The van der Waals surface area contributed by atoms with Crippen LogP contribution in [0.2, 0.25) is 0 Å². The van der Waals surface area contributed by atoms with Crippen molar-refractivity contribution in [3.8, 4) is 16.9 Å². The first kappa shape index (κ1) is 34.3. The Balaban J connectivity index is 1.30. The highest BCUT2D eigenvalue weighted by Gasteiger charge is 2.29. The molecule has 0 bridgehead atoms. The van der Waals surface area contributed by atoms with E-state index in [9.17, 15) is 27.2 Å². The van der Waals surface area contributed by atoms with Crippen LogP contribution in [-0.2, 0) is 4.79 Å². The van der Waals surface area contributed by atoms with Gasteiger partial charge < -0.3 is 15.0 Å². The van der Waals surface area contributed by atoms with Gasteiger partial charge in [0, 0.05) is 29.3 Å². The second-order valence-electron chi connectivity index (χ2n) is 11.6. The molecule has 5 nitrogen and oxygen atoms in total. The summed E-state index contributed by atoms with van der Waals surface area (Å²) in [6.07, 6.45) is 3.14. The van der Waals surface area contributed by atoms with Crippen LogP contribution in [0, 0.1) is 23.3 Å². The molecule has 1 amide bonds. The first-order valence-corrected chi connectivity index (χ1v) is 15.9. The van der Waals surface area contributed by atoms with Crippen molar-refractivity contribution >= 4 is 23.8 Å². The van der Waals surface area contributed by atoms with E-state index >= 15 is 0 Å². The lowest BCUT2D eigenvalue weighted by atomic mass is 9.83. The number of amides is 1. The molecule has 0 heterocycles. The summed E-state index contributed by atoms with van der Waals surface area (Å²) in [5.41, 5.74) is 3.33. The molecule has 1 aliphatic rings. The third-order valence-electron chi connectivity index (χ3n) is 8.33. The lowest BCUT2D eigenvalue weighted by Crippen LogP contribution is -2.39. The van der Waals surface area contributed by atoms with Gasteiger partial charge >= 0.3 is 0 Å². The largest absolute Gasteiger partial charge is 0.492 e. The highest BCUT2D eigenvalue weighted by molar-refractivity contribution is 6.14. The maximum absolute atomic E-state index is 13.9. The summed E-state index contributed by atoms with van der Waals surface area (Å²) in [7, 11) is 0. The maximum Gasteiger partial charge on any atom is 0.251 e. The summed E-state index contributed by atoms with van der Waals surface area (Å²) in [5, 5.41) is 2.97. The number of Topliss-reactive ketones (excluding diaryl/α,β-unsaturated/α-hetero) is 1. The van der Waals surface area contributed by atoms with Crippen molar-refractivity contribution < 1.29 is 31.9 Å². The summed E-state index contributed by atoms with van der Waals surface area (Å²) in [6, 6.07) is 20.9. The quantitative estimate of drug-likeness (QED) is 0.131. The van der Waals surface area contributed by atoms with E-state index in [0.29, 0.717) is 12.2 Å². The van der Waals surface area contributed by atoms with Gasteiger partial charge in [0.2, 0.25) is 0 Å². The Morgan fingerprint density at radius 3 is 1.73 bits per heavy atom. The molecule has 0 aromatic heterocycles. The summed E-state index contributed by atoms with van der Waals surface area (Å²) in [5.74, 6) is -4.13. The molecule has 9 heteroatoms. The summed E-state index contributed by atoms with van der Waals surface area (Å²) >= 11 is 0. The molecule has 1 aliphatic carbocycles. The van der Waals surface area contributed by atoms with Crippen LogP contribution in [0.1, 0.15) is 48.2 Å². The van der Waals surface area contributed by atoms with Crippen LogP contribution in [0.4, 0.5) is 17.6 Å². The van der Waals surface area contributed by atoms with E-state index in [2.05, 4.69) is 24.1 Å². The molecule has 0 saturated heterocycles. The van der Waals surface area contributed by atoms with E-state index in [-0.39, 0.29) is 46.8 Å². The number of hydrogen-bond acceptors (Lipinski definition) is 4.